The number of pyridine rings is 2. The fourth-order valence-corrected chi connectivity index (χ4v) is 3.98. The molecule has 3 aromatic heterocycles. The van der Waals surface area contributed by atoms with Crippen molar-refractivity contribution in [1.82, 2.24) is 14.0 Å². The number of ether oxygens (including phenoxy) is 1. The SMILES string of the molecule is CCOC(=O)c1cc2c(=O)n3cccc(C)c3nc2n(CC(C)C)c1=NC(=O)C=Cc1ccccc1. The lowest BCUT2D eigenvalue weighted by molar-refractivity contribution is -0.113. The molecule has 0 saturated carbocycles. The molecule has 0 radical (unpaired) electrons. The van der Waals surface area contributed by atoms with E-state index in [1.807, 2.05) is 57.2 Å². The van der Waals surface area contributed by atoms with Crippen molar-refractivity contribution in [2.45, 2.75) is 34.2 Å². The van der Waals surface area contributed by atoms with E-state index in [9.17, 15) is 14.4 Å². The Bertz CT molecular complexity index is 1610. The summed E-state index contributed by atoms with van der Waals surface area (Å²) in [6.07, 6.45) is 4.65. The van der Waals surface area contributed by atoms with Crippen molar-refractivity contribution in [3.63, 3.8) is 0 Å². The Hall–Kier alpha value is -4.33. The first-order valence-electron chi connectivity index (χ1n) is 11.8. The zero-order chi connectivity index (χ0) is 25.8. The number of hydrogen-bond donors (Lipinski definition) is 0. The van der Waals surface area contributed by atoms with Gasteiger partial charge in [-0.2, -0.15) is 4.99 Å². The third-order valence-electron chi connectivity index (χ3n) is 5.58. The quantitative estimate of drug-likeness (QED) is 0.235. The molecule has 4 rings (SSSR count). The molecule has 0 N–H and O–H groups in total. The lowest BCUT2D eigenvalue weighted by Crippen LogP contribution is -2.33. The summed E-state index contributed by atoms with van der Waals surface area (Å²) in [5, 5.41) is 0.244. The van der Waals surface area contributed by atoms with Crippen LogP contribution < -0.4 is 11.0 Å². The van der Waals surface area contributed by atoms with E-state index in [1.54, 1.807) is 29.8 Å². The zero-order valence-electron chi connectivity index (χ0n) is 20.8. The molecule has 8 heteroatoms. The molecule has 4 aromatic rings. The highest BCUT2D eigenvalue weighted by Gasteiger charge is 2.20. The van der Waals surface area contributed by atoms with Gasteiger partial charge in [0.25, 0.3) is 11.5 Å². The van der Waals surface area contributed by atoms with Crippen LogP contribution >= 0.6 is 0 Å². The largest absolute Gasteiger partial charge is 0.462 e. The van der Waals surface area contributed by atoms with Gasteiger partial charge in [0.2, 0.25) is 0 Å². The van der Waals surface area contributed by atoms with Crippen LogP contribution in [0.5, 0.6) is 0 Å². The molecule has 0 atom stereocenters. The second kappa shape index (κ2) is 10.5. The predicted octanol–water partition coefficient (Wildman–Crippen LogP) is 3.93. The molecule has 0 saturated heterocycles. The van der Waals surface area contributed by atoms with Gasteiger partial charge in [0, 0.05) is 18.8 Å². The van der Waals surface area contributed by atoms with Gasteiger partial charge >= 0.3 is 5.97 Å². The van der Waals surface area contributed by atoms with Gasteiger partial charge in [-0.3, -0.25) is 14.0 Å². The summed E-state index contributed by atoms with van der Waals surface area (Å²) in [6, 6.07) is 14.4. The third-order valence-corrected chi connectivity index (χ3v) is 5.58. The molecule has 184 valence electrons. The van der Waals surface area contributed by atoms with Crippen molar-refractivity contribution in [2.75, 3.05) is 6.61 Å². The Morgan fingerprint density at radius 1 is 1.11 bits per heavy atom. The second-order valence-corrected chi connectivity index (χ2v) is 8.84. The number of rotatable bonds is 6. The van der Waals surface area contributed by atoms with E-state index in [4.69, 9.17) is 9.72 Å². The highest BCUT2D eigenvalue weighted by Crippen LogP contribution is 2.15. The number of aromatic nitrogens is 3. The van der Waals surface area contributed by atoms with Gasteiger partial charge in [-0.25, -0.2) is 9.78 Å². The second-order valence-electron chi connectivity index (χ2n) is 8.84. The van der Waals surface area contributed by atoms with Crippen LogP contribution in [0.3, 0.4) is 0 Å². The molecule has 1 aromatic carbocycles. The maximum absolute atomic E-state index is 13.5. The van der Waals surface area contributed by atoms with Gasteiger partial charge in [-0.05, 0) is 49.1 Å². The molecular formula is C28H28N4O4. The molecule has 1 amide bonds. The van der Waals surface area contributed by atoms with Crippen LogP contribution in [0.25, 0.3) is 22.8 Å². The monoisotopic (exact) mass is 484 g/mol. The van der Waals surface area contributed by atoms with Crippen LogP contribution in [0.2, 0.25) is 0 Å². The number of aryl methyl sites for hydroxylation is 1. The van der Waals surface area contributed by atoms with Crippen LogP contribution in [-0.4, -0.2) is 32.4 Å². The van der Waals surface area contributed by atoms with Gasteiger partial charge in [0.1, 0.15) is 16.9 Å². The van der Waals surface area contributed by atoms with Gasteiger partial charge in [-0.1, -0.05) is 50.2 Å². The minimum absolute atomic E-state index is 0.0398. The average Bonchev–Trinajstić information content (AvgIpc) is 2.85. The molecule has 0 fully saturated rings. The standard InChI is InChI=1S/C28H28N4O4/c1-5-36-28(35)22-16-21-25(30-24-19(4)10-9-15-31(24)27(21)34)32(17-18(2)3)26(22)29-23(33)14-13-20-11-7-6-8-12-20/h6-16,18H,5,17H2,1-4H3. The Labute approximate surface area is 208 Å². The van der Waals surface area contributed by atoms with Crippen molar-refractivity contribution in [1.29, 1.82) is 0 Å². The summed E-state index contributed by atoms with van der Waals surface area (Å²) in [5.41, 5.74) is 2.36. The van der Waals surface area contributed by atoms with E-state index >= 15 is 0 Å². The Morgan fingerprint density at radius 3 is 2.56 bits per heavy atom. The normalized spacial score (nSPS) is 12.2. The topological polar surface area (TPSA) is 95.0 Å². The first kappa shape index (κ1) is 24.8. The van der Waals surface area contributed by atoms with Crippen LogP contribution in [0.4, 0.5) is 0 Å². The molecule has 36 heavy (non-hydrogen) atoms. The fraction of sp³-hybridized carbons (Fsp3) is 0.250. The van der Waals surface area contributed by atoms with Gasteiger partial charge < -0.3 is 9.30 Å². The highest BCUT2D eigenvalue weighted by atomic mass is 16.5. The Kier molecular flexibility index (Phi) is 7.24. The van der Waals surface area contributed by atoms with Crippen molar-refractivity contribution in [3.8, 4) is 0 Å². The molecule has 3 heterocycles. The van der Waals surface area contributed by atoms with Crippen molar-refractivity contribution in [2.24, 2.45) is 10.9 Å². The Morgan fingerprint density at radius 2 is 1.86 bits per heavy atom. The summed E-state index contributed by atoms with van der Waals surface area (Å²) < 4.78 is 8.39. The molecule has 0 bridgehead atoms. The lowest BCUT2D eigenvalue weighted by atomic mass is 10.1. The van der Waals surface area contributed by atoms with Crippen LogP contribution in [0.1, 0.15) is 42.3 Å². The summed E-state index contributed by atoms with van der Waals surface area (Å²) in [4.78, 5) is 48.4. The van der Waals surface area contributed by atoms with E-state index in [1.165, 1.54) is 16.5 Å². The number of carbonyl (C=O) groups is 2. The number of carbonyl (C=O) groups excluding carboxylic acids is 2. The van der Waals surface area contributed by atoms with Gasteiger partial charge in [0.05, 0.1) is 12.0 Å². The van der Waals surface area contributed by atoms with Gasteiger partial charge in [-0.15, -0.1) is 0 Å². The summed E-state index contributed by atoms with van der Waals surface area (Å²) in [6.45, 7) is 8.07. The maximum atomic E-state index is 13.5. The summed E-state index contributed by atoms with van der Waals surface area (Å²) in [5.74, 6) is -1.10. The first-order chi connectivity index (χ1) is 17.3. The fourth-order valence-electron chi connectivity index (χ4n) is 3.98. The van der Waals surface area contributed by atoms with E-state index in [-0.39, 0.29) is 34.5 Å². The zero-order valence-corrected chi connectivity index (χ0v) is 20.8. The molecule has 0 aliphatic heterocycles. The highest BCUT2D eigenvalue weighted by molar-refractivity contribution is 5.96. The maximum Gasteiger partial charge on any atom is 0.341 e. The summed E-state index contributed by atoms with van der Waals surface area (Å²) in [7, 11) is 0. The van der Waals surface area contributed by atoms with Crippen LogP contribution in [0, 0.1) is 12.8 Å². The predicted molar refractivity (Wildman–Crippen MR) is 139 cm³/mol. The minimum atomic E-state index is -0.663. The van der Waals surface area contributed by atoms with Crippen molar-refractivity contribution < 1.29 is 14.3 Å². The number of benzene rings is 1. The number of nitrogens with zero attached hydrogens (tertiary/aromatic N) is 4. The minimum Gasteiger partial charge on any atom is -0.462 e. The number of amides is 1. The molecular weight excluding hydrogens is 456 g/mol. The van der Waals surface area contributed by atoms with E-state index in [2.05, 4.69) is 4.99 Å². The molecule has 0 unspecified atom stereocenters. The molecule has 0 aliphatic carbocycles. The van der Waals surface area contributed by atoms with Crippen LogP contribution in [-0.2, 0) is 16.1 Å². The summed E-state index contributed by atoms with van der Waals surface area (Å²) >= 11 is 0. The van der Waals surface area contributed by atoms with E-state index < -0.39 is 11.9 Å². The van der Waals surface area contributed by atoms with Crippen molar-refractivity contribution in [3.05, 3.63) is 93.3 Å². The number of hydrogen-bond acceptors (Lipinski definition) is 5. The third kappa shape index (κ3) is 5.02. The lowest BCUT2D eigenvalue weighted by Gasteiger charge is -2.17. The number of esters is 1. The smallest absolute Gasteiger partial charge is 0.341 e. The van der Waals surface area contributed by atoms with E-state index in [0.717, 1.165) is 11.1 Å². The van der Waals surface area contributed by atoms with E-state index in [0.29, 0.717) is 17.8 Å². The van der Waals surface area contributed by atoms with Crippen LogP contribution in [0.15, 0.2) is 70.6 Å². The Balaban J connectivity index is 2.06. The molecule has 0 aliphatic rings. The van der Waals surface area contributed by atoms with Crippen molar-refractivity contribution >= 4 is 34.6 Å². The number of fused-ring (bicyclic) bond motifs is 2. The first-order valence-corrected chi connectivity index (χ1v) is 11.8. The molecule has 8 nitrogen and oxygen atoms in total. The molecule has 0 spiro atoms. The van der Waals surface area contributed by atoms with Gasteiger partial charge in [0.15, 0.2) is 5.49 Å². The average molecular weight is 485 g/mol.